The fraction of sp³-hybridized carbons (Fsp3) is 0.308. The molecule has 0 bridgehead atoms. The Morgan fingerprint density at radius 3 is 2.69 bits per heavy atom. The van der Waals surface area contributed by atoms with E-state index in [1.807, 2.05) is 38.1 Å². The maximum atomic E-state index is 11.5. The summed E-state index contributed by atoms with van der Waals surface area (Å²) < 4.78 is 5.57. The van der Waals surface area contributed by atoms with E-state index in [2.05, 4.69) is 4.98 Å². The molecule has 0 aliphatic carbocycles. The summed E-state index contributed by atoms with van der Waals surface area (Å²) in [5.74, 6) is 0.780. The van der Waals surface area contributed by atoms with E-state index in [0.717, 1.165) is 22.2 Å². The summed E-state index contributed by atoms with van der Waals surface area (Å²) in [5, 5.41) is 1.02. The highest BCUT2D eigenvalue weighted by Crippen LogP contribution is 2.19. The minimum atomic E-state index is -0.0470. The topological polar surface area (TPSA) is 42.1 Å². The molecule has 0 radical (unpaired) electrons. The molecule has 0 fully saturated rings. The quantitative estimate of drug-likeness (QED) is 0.840. The van der Waals surface area contributed by atoms with Crippen molar-refractivity contribution in [2.75, 3.05) is 0 Å². The molecule has 0 spiro atoms. The molecule has 0 saturated heterocycles. The molecule has 1 aromatic carbocycles. The van der Waals surface area contributed by atoms with Gasteiger partial charge in [0.25, 0.3) is 5.56 Å². The number of aromatic nitrogens is 1. The maximum absolute atomic E-state index is 11.5. The summed E-state index contributed by atoms with van der Waals surface area (Å²) in [6.07, 6.45) is 0.134. The summed E-state index contributed by atoms with van der Waals surface area (Å²) in [7, 11) is 0. The highest BCUT2D eigenvalue weighted by Gasteiger charge is 2.02. The fourth-order valence-electron chi connectivity index (χ4n) is 1.63. The van der Waals surface area contributed by atoms with Gasteiger partial charge in [0.15, 0.2) is 0 Å². The Kier molecular flexibility index (Phi) is 2.69. The van der Waals surface area contributed by atoms with Gasteiger partial charge in [-0.2, -0.15) is 0 Å². The molecular formula is C13H15NO2. The minimum Gasteiger partial charge on any atom is -0.491 e. The zero-order chi connectivity index (χ0) is 11.7. The molecule has 1 N–H and O–H groups in total. The maximum Gasteiger partial charge on any atom is 0.251 e. The molecule has 0 amide bonds. The van der Waals surface area contributed by atoms with Crippen molar-refractivity contribution in [1.82, 2.24) is 4.98 Å². The molecule has 1 aromatic heterocycles. The van der Waals surface area contributed by atoms with E-state index >= 15 is 0 Å². The molecule has 0 aliphatic heterocycles. The number of fused-ring (bicyclic) bond motifs is 1. The number of hydrogen-bond donors (Lipinski definition) is 1. The van der Waals surface area contributed by atoms with Gasteiger partial charge in [-0.15, -0.1) is 0 Å². The van der Waals surface area contributed by atoms with Gasteiger partial charge in [0.2, 0.25) is 0 Å². The average Bonchev–Trinajstić information content (AvgIpc) is 2.19. The van der Waals surface area contributed by atoms with Crippen molar-refractivity contribution in [3.8, 4) is 5.75 Å². The predicted octanol–water partition coefficient (Wildman–Crippen LogP) is 2.62. The van der Waals surface area contributed by atoms with Crippen LogP contribution in [0.3, 0.4) is 0 Å². The normalized spacial score (nSPS) is 11.0. The fourth-order valence-corrected chi connectivity index (χ4v) is 1.63. The Bertz CT molecular complexity index is 570. The van der Waals surface area contributed by atoms with Crippen LogP contribution in [0.5, 0.6) is 5.75 Å². The van der Waals surface area contributed by atoms with Crippen LogP contribution < -0.4 is 10.3 Å². The highest BCUT2D eigenvalue weighted by molar-refractivity contribution is 5.80. The van der Waals surface area contributed by atoms with Crippen molar-refractivity contribution >= 4 is 10.9 Å². The van der Waals surface area contributed by atoms with Crippen molar-refractivity contribution in [1.29, 1.82) is 0 Å². The molecule has 3 heteroatoms. The third kappa shape index (κ3) is 2.08. The molecule has 84 valence electrons. The van der Waals surface area contributed by atoms with Crippen LogP contribution in [0.15, 0.2) is 29.1 Å². The molecule has 3 nitrogen and oxygen atoms in total. The van der Waals surface area contributed by atoms with Gasteiger partial charge in [-0.25, -0.2) is 0 Å². The number of benzene rings is 1. The third-order valence-electron chi connectivity index (χ3n) is 2.37. The first-order valence-corrected chi connectivity index (χ1v) is 5.36. The lowest BCUT2D eigenvalue weighted by Crippen LogP contribution is -2.09. The van der Waals surface area contributed by atoms with Crippen molar-refractivity contribution in [2.45, 2.75) is 26.9 Å². The van der Waals surface area contributed by atoms with Crippen LogP contribution in [0.4, 0.5) is 0 Å². The SMILES string of the molecule is Cc1cc2ccc(OC(C)C)cc2[nH]c1=O. The lowest BCUT2D eigenvalue weighted by atomic mass is 10.1. The molecule has 2 rings (SSSR count). The number of aromatic amines is 1. The van der Waals surface area contributed by atoms with Crippen LogP contribution in [0.1, 0.15) is 19.4 Å². The number of ether oxygens (including phenoxy) is 1. The van der Waals surface area contributed by atoms with Crippen LogP contribution in [0, 0.1) is 6.92 Å². The first kappa shape index (κ1) is 10.7. The summed E-state index contributed by atoms with van der Waals surface area (Å²) >= 11 is 0. The predicted molar refractivity (Wildman–Crippen MR) is 65.1 cm³/mol. The van der Waals surface area contributed by atoms with E-state index in [1.54, 1.807) is 6.92 Å². The summed E-state index contributed by atoms with van der Waals surface area (Å²) in [6.45, 7) is 5.75. The van der Waals surface area contributed by atoms with Gasteiger partial charge in [-0.3, -0.25) is 4.79 Å². The van der Waals surface area contributed by atoms with Gasteiger partial charge in [0.1, 0.15) is 5.75 Å². The monoisotopic (exact) mass is 217 g/mol. The number of nitrogens with one attached hydrogen (secondary N) is 1. The third-order valence-corrected chi connectivity index (χ3v) is 2.37. The highest BCUT2D eigenvalue weighted by atomic mass is 16.5. The second-order valence-corrected chi connectivity index (χ2v) is 4.20. The van der Waals surface area contributed by atoms with Crippen LogP contribution in [-0.2, 0) is 0 Å². The van der Waals surface area contributed by atoms with Crippen LogP contribution in [0.25, 0.3) is 10.9 Å². The van der Waals surface area contributed by atoms with E-state index in [1.165, 1.54) is 0 Å². The number of rotatable bonds is 2. The first-order valence-electron chi connectivity index (χ1n) is 5.36. The van der Waals surface area contributed by atoms with Gasteiger partial charge >= 0.3 is 0 Å². The van der Waals surface area contributed by atoms with E-state index in [4.69, 9.17) is 4.74 Å². The first-order chi connectivity index (χ1) is 7.56. The average molecular weight is 217 g/mol. The Morgan fingerprint density at radius 2 is 2.00 bits per heavy atom. The molecule has 1 heterocycles. The number of aryl methyl sites for hydroxylation is 1. The van der Waals surface area contributed by atoms with E-state index < -0.39 is 0 Å². The van der Waals surface area contributed by atoms with Gasteiger partial charge in [0, 0.05) is 11.6 Å². The smallest absolute Gasteiger partial charge is 0.251 e. The zero-order valence-electron chi connectivity index (χ0n) is 9.70. The van der Waals surface area contributed by atoms with Crippen molar-refractivity contribution < 1.29 is 4.74 Å². The lowest BCUT2D eigenvalue weighted by molar-refractivity contribution is 0.242. The zero-order valence-corrected chi connectivity index (χ0v) is 9.70. The van der Waals surface area contributed by atoms with Gasteiger partial charge in [-0.1, -0.05) is 0 Å². The van der Waals surface area contributed by atoms with E-state index in [9.17, 15) is 4.79 Å². The molecule has 2 aromatic rings. The lowest BCUT2D eigenvalue weighted by Gasteiger charge is -2.10. The number of H-pyrrole nitrogens is 1. The van der Waals surface area contributed by atoms with Gasteiger partial charge < -0.3 is 9.72 Å². The van der Waals surface area contributed by atoms with Crippen molar-refractivity contribution in [2.24, 2.45) is 0 Å². The summed E-state index contributed by atoms with van der Waals surface area (Å²) in [5.41, 5.74) is 1.49. The number of hydrogen-bond acceptors (Lipinski definition) is 2. The Balaban J connectivity index is 2.53. The Hall–Kier alpha value is -1.77. The van der Waals surface area contributed by atoms with Crippen molar-refractivity contribution in [3.63, 3.8) is 0 Å². The standard InChI is InChI=1S/C13H15NO2/c1-8(2)16-11-5-4-10-6-9(3)13(15)14-12(10)7-11/h4-8H,1-3H3,(H,14,15). The largest absolute Gasteiger partial charge is 0.491 e. The number of pyridine rings is 1. The molecule has 0 atom stereocenters. The summed E-state index contributed by atoms with van der Waals surface area (Å²) in [6, 6.07) is 7.61. The van der Waals surface area contributed by atoms with E-state index in [0.29, 0.717) is 0 Å². The second kappa shape index (κ2) is 4.00. The van der Waals surface area contributed by atoms with Crippen LogP contribution in [-0.4, -0.2) is 11.1 Å². The molecule has 0 unspecified atom stereocenters. The summed E-state index contributed by atoms with van der Waals surface area (Å²) in [4.78, 5) is 14.3. The van der Waals surface area contributed by atoms with E-state index in [-0.39, 0.29) is 11.7 Å². The van der Waals surface area contributed by atoms with Crippen LogP contribution in [0.2, 0.25) is 0 Å². The van der Waals surface area contributed by atoms with Crippen molar-refractivity contribution in [3.05, 3.63) is 40.2 Å². The minimum absolute atomic E-state index is 0.0470. The van der Waals surface area contributed by atoms with Gasteiger partial charge in [0.05, 0.1) is 11.6 Å². The van der Waals surface area contributed by atoms with Crippen LogP contribution >= 0.6 is 0 Å². The second-order valence-electron chi connectivity index (χ2n) is 4.20. The molecule has 0 saturated carbocycles. The van der Waals surface area contributed by atoms with Gasteiger partial charge in [-0.05, 0) is 44.4 Å². The molecular weight excluding hydrogens is 202 g/mol. The molecule has 0 aliphatic rings. The Labute approximate surface area is 94.1 Å². The Morgan fingerprint density at radius 1 is 1.25 bits per heavy atom. The molecule has 16 heavy (non-hydrogen) atoms.